The standard InChI is InChI=1S/C18H24N4O/c1-2-17-19-18(21-20-17)16-12-22(8-9-23-16)11-13-6-7-14-4-3-5-15(14)10-13/h6-7,10,16H,2-5,8-9,11-12H2,1H3,(H,19,20,21). The molecule has 1 N–H and O–H groups in total. The number of morpholine rings is 1. The van der Waals surface area contributed by atoms with E-state index >= 15 is 0 Å². The molecule has 122 valence electrons. The van der Waals surface area contributed by atoms with Crippen molar-refractivity contribution in [1.82, 2.24) is 20.1 Å². The smallest absolute Gasteiger partial charge is 0.180 e. The Morgan fingerprint density at radius 2 is 2.22 bits per heavy atom. The van der Waals surface area contributed by atoms with E-state index in [4.69, 9.17) is 4.74 Å². The van der Waals surface area contributed by atoms with Crippen LogP contribution in [0.4, 0.5) is 0 Å². The van der Waals surface area contributed by atoms with Crippen LogP contribution in [0.3, 0.4) is 0 Å². The van der Waals surface area contributed by atoms with Gasteiger partial charge < -0.3 is 4.74 Å². The maximum absolute atomic E-state index is 5.88. The lowest BCUT2D eigenvalue weighted by Gasteiger charge is -2.31. The Morgan fingerprint density at radius 3 is 3.09 bits per heavy atom. The molecule has 4 rings (SSSR count). The number of fused-ring (bicyclic) bond motifs is 1. The minimum absolute atomic E-state index is 0.0188. The first kappa shape index (κ1) is 14.8. The van der Waals surface area contributed by atoms with Crippen LogP contribution in [0.5, 0.6) is 0 Å². The molecule has 1 aromatic heterocycles. The lowest BCUT2D eigenvalue weighted by molar-refractivity contribution is -0.0370. The second-order valence-corrected chi connectivity index (χ2v) is 6.55. The maximum Gasteiger partial charge on any atom is 0.180 e. The summed E-state index contributed by atoms with van der Waals surface area (Å²) in [5.41, 5.74) is 4.51. The molecule has 1 saturated heterocycles. The van der Waals surface area contributed by atoms with Gasteiger partial charge in [0.2, 0.25) is 0 Å². The fourth-order valence-corrected chi connectivity index (χ4v) is 3.60. The van der Waals surface area contributed by atoms with Crippen LogP contribution in [0.1, 0.15) is 47.8 Å². The van der Waals surface area contributed by atoms with Gasteiger partial charge in [0.15, 0.2) is 5.82 Å². The molecule has 1 atom stereocenters. The zero-order valence-corrected chi connectivity index (χ0v) is 13.7. The molecule has 0 radical (unpaired) electrons. The molecule has 2 aliphatic rings. The molecule has 0 amide bonds. The lowest BCUT2D eigenvalue weighted by atomic mass is 10.1. The predicted molar refractivity (Wildman–Crippen MR) is 88.2 cm³/mol. The molecule has 1 aliphatic heterocycles. The van der Waals surface area contributed by atoms with E-state index in [1.54, 1.807) is 11.1 Å². The third-order valence-corrected chi connectivity index (χ3v) is 4.89. The third kappa shape index (κ3) is 3.16. The van der Waals surface area contributed by atoms with Gasteiger partial charge in [-0.15, -0.1) is 0 Å². The summed E-state index contributed by atoms with van der Waals surface area (Å²) in [4.78, 5) is 6.97. The Bertz CT molecular complexity index is 681. The maximum atomic E-state index is 5.88. The highest BCUT2D eigenvalue weighted by molar-refractivity contribution is 5.35. The third-order valence-electron chi connectivity index (χ3n) is 4.89. The average molecular weight is 312 g/mol. The van der Waals surface area contributed by atoms with Crippen LogP contribution < -0.4 is 0 Å². The number of aromatic nitrogens is 3. The van der Waals surface area contributed by atoms with Crippen molar-refractivity contribution in [1.29, 1.82) is 0 Å². The van der Waals surface area contributed by atoms with E-state index in [2.05, 4.69) is 45.2 Å². The number of H-pyrrole nitrogens is 1. The van der Waals surface area contributed by atoms with E-state index in [9.17, 15) is 0 Å². The molecule has 1 aliphatic carbocycles. The summed E-state index contributed by atoms with van der Waals surface area (Å²) < 4.78 is 5.88. The van der Waals surface area contributed by atoms with E-state index in [1.807, 2.05) is 0 Å². The van der Waals surface area contributed by atoms with Crippen LogP contribution in [-0.2, 0) is 30.5 Å². The zero-order chi connectivity index (χ0) is 15.6. The first-order valence-electron chi connectivity index (χ1n) is 8.67. The van der Waals surface area contributed by atoms with Gasteiger partial charge in [0.25, 0.3) is 0 Å². The quantitative estimate of drug-likeness (QED) is 0.942. The average Bonchev–Trinajstić information content (AvgIpc) is 3.24. The van der Waals surface area contributed by atoms with Crippen molar-refractivity contribution < 1.29 is 4.74 Å². The molecule has 23 heavy (non-hydrogen) atoms. The van der Waals surface area contributed by atoms with Gasteiger partial charge in [-0.05, 0) is 36.0 Å². The zero-order valence-electron chi connectivity index (χ0n) is 13.7. The minimum Gasteiger partial charge on any atom is -0.367 e. The number of ether oxygens (including phenoxy) is 1. The number of nitrogens with zero attached hydrogens (tertiary/aromatic N) is 3. The molecule has 5 heteroatoms. The Labute approximate surface area is 137 Å². The highest BCUT2D eigenvalue weighted by Gasteiger charge is 2.25. The molecule has 1 unspecified atom stereocenters. The largest absolute Gasteiger partial charge is 0.367 e. The van der Waals surface area contributed by atoms with Crippen molar-refractivity contribution in [3.63, 3.8) is 0 Å². The Hall–Kier alpha value is -1.72. The van der Waals surface area contributed by atoms with Crippen molar-refractivity contribution >= 4 is 0 Å². The Balaban J connectivity index is 1.43. The highest BCUT2D eigenvalue weighted by Crippen LogP contribution is 2.25. The van der Waals surface area contributed by atoms with Gasteiger partial charge in [0.05, 0.1) is 6.61 Å². The van der Waals surface area contributed by atoms with Crippen molar-refractivity contribution in [2.45, 2.75) is 45.3 Å². The van der Waals surface area contributed by atoms with Gasteiger partial charge in [-0.1, -0.05) is 25.1 Å². The molecule has 2 heterocycles. The molecule has 1 fully saturated rings. The van der Waals surface area contributed by atoms with Crippen LogP contribution in [0.15, 0.2) is 18.2 Å². The number of rotatable bonds is 4. The monoisotopic (exact) mass is 312 g/mol. The van der Waals surface area contributed by atoms with E-state index < -0.39 is 0 Å². The summed E-state index contributed by atoms with van der Waals surface area (Å²) in [6.07, 6.45) is 4.66. The topological polar surface area (TPSA) is 54.0 Å². The summed E-state index contributed by atoms with van der Waals surface area (Å²) in [5, 5.41) is 7.30. The SMILES string of the molecule is CCc1nc(C2CN(Cc3ccc4c(c3)CCC4)CCO2)n[nH]1. The highest BCUT2D eigenvalue weighted by atomic mass is 16.5. The van der Waals surface area contributed by atoms with Gasteiger partial charge in [-0.3, -0.25) is 10.00 Å². The molecular weight excluding hydrogens is 288 g/mol. The van der Waals surface area contributed by atoms with Crippen LogP contribution >= 0.6 is 0 Å². The summed E-state index contributed by atoms with van der Waals surface area (Å²) in [7, 11) is 0. The second-order valence-electron chi connectivity index (χ2n) is 6.55. The van der Waals surface area contributed by atoms with Gasteiger partial charge in [0.1, 0.15) is 11.9 Å². The minimum atomic E-state index is -0.0188. The first-order chi connectivity index (χ1) is 11.3. The number of benzene rings is 1. The Kier molecular flexibility index (Phi) is 4.14. The summed E-state index contributed by atoms with van der Waals surface area (Å²) >= 11 is 0. The van der Waals surface area contributed by atoms with Gasteiger partial charge in [-0.2, -0.15) is 5.10 Å². The predicted octanol–water partition coefficient (Wildman–Crippen LogP) is 2.43. The fourth-order valence-electron chi connectivity index (χ4n) is 3.60. The number of hydrogen-bond acceptors (Lipinski definition) is 4. The van der Waals surface area contributed by atoms with Crippen LogP contribution in [-0.4, -0.2) is 39.8 Å². The first-order valence-corrected chi connectivity index (χ1v) is 8.67. The number of hydrogen-bond donors (Lipinski definition) is 1. The molecule has 2 aromatic rings. The number of aryl methyl sites for hydroxylation is 3. The number of aromatic amines is 1. The van der Waals surface area contributed by atoms with Crippen molar-refractivity contribution in [3.05, 3.63) is 46.5 Å². The molecule has 5 nitrogen and oxygen atoms in total. The summed E-state index contributed by atoms with van der Waals surface area (Å²) in [6, 6.07) is 7.00. The van der Waals surface area contributed by atoms with E-state index in [0.717, 1.165) is 44.3 Å². The van der Waals surface area contributed by atoms with Crippen LogP contribution in [0, 0.1) is 0 Å². The van der Waals surface area contributed by atoms with Gasteiger partial charge >= 0.3 is 0 Å². The number of nitrogens with one attached hydrogen (secondary N) is 1. The molecule has 0 bridgehead atoms. The van der Waals surface area contributed by atoms with Crippen LogP contribution in [0.25, 0.3) is 0 Å². The van der Waals surface area contributed by atoms with Gasteiger partial charge in [-0.25, -0.2) is 4.98 Å². The summed E-state index contributed by atoms with van der Waals surface area (Å²) in [5.74, 6) is 1.72. The van der Waals surface area contributed by atoms with Crippen LogP contribution in [0.2, 0.25) is 0 Å². The van der Waals surface area contributed by atoms with E-state index in [-0.39, 0.29) is 6.10 Å². The van der Waals surface area contributed by atoms with Crippen molar-refractivity contribution in [2.24, 2.45) is 0 Å². The summed E-state index contributed by atoms with van der Waals surface area (Å²) in [6.45, 7) is 5.63. The molecule has 0 saturated carbocycles. The second kappa shape index (κ2) is 6.42. The lowest BCUT2D eigenvalue weighted by Crippen LogP contribution is -2.38. The molecule has 0 spiro atoms. The molecular formula is C18H24N4O. The molecule has 1 aromatic carbocycles. The van der Waals surface area contributed by atoms with Crippen molar-refractivity contribution in [2.75, 3.05) is 19.7 Å². The normalized spacial score (nSPS) is 21.5. The Morgan fingerprint density at radius 1 is 1.30 bits per heavy atom. The fraction of sp³-hybridized carbons (Fsp3) is 0.556. The van der Waals surface area contributed by atoms with E-state index in [1.165, 1.54) is 24.8 Å². The van der Waals surface area contributed by atoms with E-state index in [0.29, 0.717) is 0 Å². The van der Waals surface area contributed by atoms with Crippen molar-refractivity contribution in [3.8, 4) is 0 Å². The van der Waals surface area contributed by atoms with Gasteiger partial charge in [0, 0.05) is 26.1 Å².